The minimum Gasteiger partial charge on any atom is -0.108 e. The molecular formula is C17H30S3Si2. The Kier molecular flexibility index (Phi) is 8.44. The van der Waals surface area contributed by atoms with Crippen LogP contribution in [0.15, 0.2) is 24.3 Å². The van der Waals surface area contributed by atoms with Crippen LogP contribution >= 0.6 is 35.7 Å². The fourth-order valence-corrected chi connectivity index (χ4v) is 6.88. The molecule has 0 heterocycles. The summed E-state index contributed by atoms with van der Waals surface area (Å²) in [7, 11) is -2.09. The summed E-state index contributed by atoms with van der Waals surface area (Å²) >= 11 is 9.21. The molecule has 0 bridgehead atoms. The van der Waals surface area contributed by atoms with Gasteiger partial charge in [0, 0.05) is 13.8 Å². The Morgan fingerprint density at radius 3 is 2.32 bits per heavy atom. The standard InChI is InChI=1S/C17H30S3Si2/c1-21(2,3)12-8-11-19-17(18)20-14-15-9-7-10-16(13-15)22(4,5)6/h7,9-10,13H,8,11-12,14H2,1-6H3. The summed E-state index contributed by atoms with van der Waals surface area (Å²) in [4.78, 5) is 0. The first-order valence-electron chi connectivity index (χ1n) is 7.97. The Bertz CT molecular complexity index is 487. The molecule has 0 aliphatic carbocycles. The normalized spacial score (nSPS) is 12.5. The molecule has 0 radical (unpaired) electrons. The van der Waals surface area contributed by atoms with Gasteiger partial charge in [0.05, 0.1) is 8.07 Å². The van der Waals surface area contributed by atoms with E-state index in [0.717, 1.165) is 9.28 Å². The molecule has 0 spiro atoms. The predicted octanol–water partition coefficient (Wildman–Crippen LogP) is 6.21. The molecule has 0 saturated carbocycles. The topological polar surface area (TPSA) is 0 Å². The van der Waals surface area contributed by atoms with Gasteiger partial charge in [0.1, 0.15) is 3.53 Å². The van der Waals surface area contributed by atoms with Crippen molar-refractivity contribution in [1.82, 2.24) is 0 Å². The van der Waals surface area contributed by atoms with E-state index in [-0.39, 0.29) is 0 Å². The van der Waals surface area contributed by atoms with Crippen LogP contribution in [0, 0.1) is 0 Å². The Morgan fingerprint density at radius 1 is 1.05 bits per heavy atom. The lowest BCUT2D eigenvalue weighted by Crippen LogP contribution is -2.37. The van der Waals surface area contributed by atoms with E-state index in [4.69, 9.17) is 12.2 Å². The second kappa shape index (κ2) is 9.06. The van der Waals surface area contributed by atoms with Crippen LogP contribution in [0.25, 0.3) is 0 Å². The molecule has 0 nitrogen and oxygen atoms in total. The van der Waals surface area contributed by atoms with Crippen molar-refractivity contribution in [3.63, 3.8) is 0 Å². The van der Waals surface area contributed by atoms with Gasteiger partial charge in [0.15, 0.2) is 0 Å². The fourth-order valence-electron chi connectivity index (χ4n) is 2.07. The van der Waals surface area contributed by atoms with Crippen molar-refractivity contribution < 1.29 is 0 Å². The Hall–Kier alpha value is 0.444. The van der Waals surface area contributed by atoms with E-state index in [9.17, 15) is 0 Å². The highest BCUT2D eigenvalue weighted by Gasteiger charge is 2.16. The summed E-state index contributed by atoms with van der Waals surface area (Å²) in [6.45, 7) is 14.5. The number of hydrogen-bond donors (Lipinski definition) is 0. The Labute approximate surface area is 153 Å². The first-order chi connectivity index (χ1) is 10.1. The highest BCUT2D eigenvalue weighted by Crippen LogP contribution is 2.24. The maximum Gasteiger partial charge on any atom is 0.104 e. The average molecular weight is 387 g/mol. The number of thiocarbonyl (C=S) groups is 1. The van der Waals surface area contributed by atoms with E-state index < -0.39 is 16.1 Å². The van der Waals surface area contributed by atoms with Gasteiger partial charge in [-0.25, -0.2) is 0 Å². The van der Waals surface area contributed by atoms with Gasteiger partial charge in [-0.1, -0.05) is 87.0 Å². The van der Waals surface area contributed by atoms with E-state index >= 15 is 0 Å². The molecule has 0 aliphatic rings. The second-order valence-electron chi connectivity index (χ2n) is 8.00. The monoisotopic (exact) mass is 386 g/mol. The number of hydrogen-bond acceptors (Lipinski definition) is 3. The van der Waals surface area contributed by atoms with Crippen LogP contribution in [0.2, 0.25) is 45.3 Å². The molecule has 1 rings (SSSR count). The van der Waals surface area contributed by atoms with Gasteiger partial charge in [0.2, 0.25) is 0 Å². The van der Waals surface area contributed by atoms with Crippen LogP contribution in [-0.4, -0.2) is 25.4 Å². The zero-order valence-electron chi connectivity index (χ0n) is 14.9. The molecule has 1 aromatic carbocycles. The fraction of sp³-hybridized carbons (Fsp3) is 0.588. The zero-order valence-corrected chi connectivity index (χ0v) is 19.3. The molecule has 0 unspecified atom stereocenters. The van der Waals surface area contributed by atoms with Crippen LogP contribution in [0.4, 0.5) is 0 Å². The smallest absolute Gasteiger partial charge is 0.104 e. The lowest BCUT2D eigenvalue weighted by atomic mass is 10.2. The quantitative estimate of drug-likeness (QED) is 0.310. The summed E-state index contributed by atoms with van der Waals surface area (Å²) < 4.78 is 1.11. The molecule has 0 atom stereocenters. The van der Waals surface area contributed by atoms with Crippen LogP contribution in [0.3, 0.4) is 0 Å². The second-order valence-corrected chi connectivity index (χ2v) is 22.0. The van der Waals surface area contributed by atoms with Crippen molar-refractivity contribution in [3.05, 3.63) is 29.8 Å². The molecule has 5 heteroatoms. The molecule has 124 valence electrons. The van der Waals surface area contributed by atoms with Crippen LogP contribution in [0.5, 0.6) is 0 Å². The molecular weight excluding hydrogens is 357 g/mol. The minimum atomic E-state index is -1.21. The van der Waals surface area contributed by atoms with Crippen molar-refractivity contribution >= 4 is 60.6 Å². The van der Waals surface area contributed by atoms with Gasteiger partial charge in [-0.2, -0.15) is 0 Å². The summed E-state index contributed by atoms with van der Waals surface area (Å²) in [5, 5.41) is 1.54. The Balaban J connectivity index is 2.35. The maximum absolute atomic E-state index is 5.51. The first kappa shape index (κ1) is 20.5. The van der Waals surface area contributed by atoms with Gasteiger partial charge in [-0.15, -0.1) is 23.5 Å². The lowest BCUT2D eigenvalue weighted by molar-refractivity contribution is 1.07. The molecule has 22 heavy (non-hydrogen) atoms. The van der Waals surface area contributed by atoms with E-state index in [1.807, 2.05) is 23.5 Å². The Morgan fingerprint density at radius 2 is 1.73 bits per heavy atom. The van der Waals surface area contributed by atoms with Crippen molar-refractivity contribution in [2.24, 2.45) is 0 Å². The summed E-state index contributed by atoms with van der Waals surface area (Å²) in [6.07, 6.45) is 1.31. The minimum absolute atomic E-state index is 0.884. The maximum atomic E-state index is 5.51. The van der Waals surface area contributed by atoms with Crippen molar-refractivity contribution in [3.8, 4) is 0 Å². The van der Waals surface area contributed by atoms with Crippen molar-refractivity contribution in [1.29, 1.82) is 0 Å². The molecule has 1 aromatic rings. The van der Waals surface area contributed by atoms with Gasteiger partial charge in [-0.05, 0) is 17.7 Å². The van der Waals surface area contributed by atoms with Gasteiger partial charge >= 0.3 is 0 Å². The van der Waals surface area contributed by atoms with E-state index in [1.54, 1.807) is 5.19 Å². The zero-order chi connectivity index (χ0) is 16.8. The van der Waals surface area contributed by atoms with Crippen LogP contribution in [0.1, 0.15) is 12.0 Å². The van der Waals surface area contributed by atoms with E-state index in [0.29, 0.717) is 0 Å². The van der Waals surface area contributed by atoms with E-state index in [1.165, 1.54) is 23.8 Å². The SMILES string of the molecule is C[Si](C)(C)CCCSC(=S)SCc1cccc([Si](C)(C)C)c1. The predicted molar refractivity (Wildman–Crippen MR) is 119 cm³/mol. The number of rotatable bonds is 7. The largest absolute Gasteiger partial charge is 0.108 e. The lowest BCUT2D eigenvalue weighted by Gasteiger charge is -2.17. The summed E-state index contributed by atoms with van der Waals surface area (Å²) in [5.41, 5.74) is 1.41. The van der Waals surface area contributed by atoms with Gasteiger partial charge in [0.25, 0.3) is 0 Å². The summed E-state index contributed by atoms with van der Waals surface area (Å²) in [6, 6.07) is 10.5. The molecule has 0 fully saturated rings. The van der Waals surface area contributed by atoms with E-state index in [2.05, 4.69) is 63.5 Å². The third-order valence-corrected chi connectivity index (χ3v) is 10.2. The molecule has 0 N–H and O–H groups in total. The first-order valence-corrected chi connectivity index (χ1v) is 17.6. The third-order valence-electron chi connectivity index (χ3n) is 3.44. The van der Waals surface area contributed by atoms with Crippen LogP contribution in [-0.2, 0) is 5.75 Å². The van der Waals surface area contributed by atoms with Crippen molar-refractivity contribution in [2.45, 2.75) is 57.5 Å². The van der Waals surface area contributed by atoms with Gasteiger partial charge in [-0.3, -0.25) is 0 Å². The van der Waals surface area contributed by atoms with Gasteiger partial charge < -0.3 is 0 Å². The highest BCUT2D eigenvalue weighted by molar-refractivity contribution is 8.46. The van der Waals surface area contributed by atoms with Crippen molar-refractivity contribution in [2.75, 3.05) is 5.75 Å². The number of thioether (sulfide) groups is 2. The third kappa shape index (κ3) is 8.92. The highest BCUT2D eigenvalue weighted by atomic mass is 32.2. The number of benzene rings is 1. The molecule has 0 aromatic heterocycles. The summed E-state index contributed by atoms with van der Waals surface area (Å²) in [5.74, 6) is 2.20. The molecule has 0 amide bonds. The average Bonchev–Trinajstić information content (AvgIpc) is 2.40. The molecule has 0 saturated heterocycles. The van der Waals surface area contributed by atoms with Crippen LogP contribution < -0.4 is 5.19 Å². The molecule has 0 aliphatic heterocycles.